The SMILES string of the molecule is O=C(CSc1nnc(-c2ccc3c(c2)OCO3)o1)N(C1CCCCC1)C1CCCCC1. The first kappa shape index (κ1) is 20.7. The molecule has 1 aromatic carbocycles. The van der Waals surface area contributed by atoms with Crippen LogP contribution < -0.4 is 9.47 Å². The standard InChI is InChI=1S/C23H29N3O4S/c27-21(26(17-7-3-1-4-8-17)18-9-5-2-6-10-18)14-31-23-25-24-22(30-23)16-11-12-19-20(13-16)29-15-28-19/h11-13,17-18H,1-10,14-15H2. The molecule has 3 aliphatic rings. The van der Waals surface area contributed by atoms with Crippen molar-refractivity contribution >= 4 is 17.7 Å². The van der Waals surface area contributed by atoms with Crippen LogP contribution in [0.4, 0.5) is 0 Å². The fourth-order valence-electron chi connectivity index (χ4n) is 5.04. The third kappa shape index (κ3) is 4.68. The van der Waals surface area contributed by atoms with Gasteiger partial charge in [-0.2, -0.15) is 0 Å². The second-order valence-corrected chi connectivity index (χ2v) is 9.54. The Balaban J connectivity index is 1.24. The molecule has 31 heavy (non-hydrogen) atoms. The Morgan fingerprint density at radius 3 is 2.32 bits per heavy atom. The maximum atomic E-state index is 13.3. The van der Waals surface area contributed by atoms with E-state index in [0.29, 0.717) is 40.4 Å². The summed E-state index contributed by atoms with van der Waals surface area (Å²) < 4.78 is 16.6. The molecule has 2 heterocycles. The Kier molecular flexibility index (Phi) is 6.34. The van der Waals surface area contributed by atoms with Crippen LogP contribution in [0.2, 0.25) is 0 Å². The molecule has 166 valence electrons. The molecule has 1 aromatic heterocycles. The van der Waals surface area contributed by atoms with E-state index in [0.717, 1.165) is 31.2 Å². The van der Waals surface area contributed by atoms with Crippen molar-refractivity contribution in [2.24, 2.45) is 0 Å². The Bertz CT molecular complexity index is 888. The number of carbonyl (C=O) groups is 1. The van der Waals surface area contributed by atoms with Crippen molar-refractivity contribution in [2.45, 2.75) is 81.5 Å². The Morgan fingerprint density at radius 2 is 1.61 bits per heavy atom. The maximum absolute atomic E-state index is 13.3. The summed E-state index contributed by atoms with van der Waals surface area (Å²) in [6, 6.07) is 6.34. The van der Waals surface area contributed by atoms with Gasteiger partial charge in [0, 0.05) is 17.6 Å². The highest BCUT2D eigenvalue weighted by atomic mass is 32.2. The minimum Gasteiger partial charge on any atom is -0.454 e. The quantitative estimate of drug-likeness (QED) is 0.578. The predicted octanol–water partition coefficient (Wildman–Crippen LogP) is 5.05. The summed E-state index contributed by atoms with van der Waals surface area (Å²) in [5.74, 6) is 2.37. The molecule has 2 saturated carbocycles. The minimum atomic E-state index is 0.214. The largest absolute Gasteiger partial charge is 0.454 e. The van der Waals surface area contributed by atoms with Crippen LogP contribution in [-0.2, 0) is 4.79 Å². The third-order valence-corrected chi connectivity index (χ3v) is 7.37. The number of aromatic nitrogens is 2. The van der Waals surface area contributed by atoms with E-state index in [1.165, 1.54) is 50.3 Å². The molecule has 0 spiro atoms. The van der Waals surface area contributed by atoms with Crippen molar-refractivity contribution in [1.82, 2.24) is 15.1 Å². The second-order valence-electron chi connectivity index (χ2n) is 8.61. The first-order valence-corrected chi connectivity index (χ1v) is 12.4. The lowest BCUT2D eigenvalue weighted by Crippen LogP contribution is -2.49. The molecule has 0 bridgehead atoms. The zero-order valence-corrected chi connectivity index (χ0v) is 18.6. The predicted molar refractivity (Wildman–Crippen MR) is 117 cm³/mol. The van der Waals surface area contributed by atoms with Crippen molar-refractivity contribution in [3.05, 3.63) is 18.2 Å². The van der Waals surface area contributed by atoms with Crippen molar-refractivity contribution < 1.29 is 18.7 Å². The normalized spacial score (nSPS) is 19.5. The first-order chi connectivity index (χ1) is 15.3. The summed E-state index contributed by atoms with van der Waals surface area (Å²) in [6.45, 7) is 0.227. The lowest BCUT2D eigenvalue weighted by atomic mass is 9.88. The number of benzene rings is 1. The minimum absolute atomic E-state index is 0.214. The van der Waals surface area contributed by atoms with E-state index in [1.807, 2.05) is 18.2 Å². The van der Waals surface area contributed by atoms with Crippen molar-refractivity contribution in [3.63, 3.8) is 0 Å². The van der Waals surface area contributed by atoms with E-state index in [4.69, 9.17) is 13.9 Å². The van der Waals surface area contributed by atoms with E-state index < -0.39 is 0 Å². The molecule has 0 unspecified atom stereocenters. The fourth-order valence-corrected chi connectivity index (χ4v) is 5.67. The maximum Gasteiger partial charge on any atom is 0.277 e. The number of amides is 1. The van der Waals surface area contributed by atoms with Gasteiger partial charge in [-0.3, -0.25) is 4.79 Å². The highest BCUT2D eigenvalue weighted by Crippen LogP contribution is 2.36. The van der Waals surface area contributed by atoms with Crippen LogP contribution in [0.15, 0.2) is 27.8 Å². The molecular formula is C23H29N3O4S. The molecule has 0 radical (unpaired) electrons. The number of fused-ring (bicyclic) bond motifs is 1. The van der Waals surface area contributed by atoms with E-state index in [-0.39, 0.29) is 12.7 Å². The monoisotopic (exact) mass is 443 g/mol. The zero-order valence-electron chi connectivity index (χ0n) is 17.8. The van der Waals surface area contributed by atoms with Gasteiger partial charge < -0.3 is 18.8 Å². The Labute approximate surface area is 186 Å². The van der Waals surface area contributed by atoms with Crippen LogP contribution in [0.25, 0.3) is 11.5 Å². The second kappa shape index (κ2) is 9.51. The molecule has 0 N–H and O–H groups in total. The van der Waals surface area contributed by atoms with Crippen molar-refractivity contribution in [3.8, 4) is 23.0 Å². The van der Waals surface area contributed by atoms with Crippen LogP contribution in [0.1, 0.15) is 64.2 Å². The highest BCUT2D eigenvalue weighted by molar-refractivity contribution is 7.99. The van der Waals surface area contributed by atoms with Gasteiger partial charge in [-0.1, -0.05) is 50.3 Å². The summed E-state index contributed by atoms with van der Waals surface area (Å²) in [7, 11) is 0. The van der Waals surface area contributed by atoms with Crippen molar-refractivity contribution in [2.75, 3.05) is 12.5 Å². The van der Waals surface area contributed by atoms with E-state index in [1.54, 1.807) is 0 Å². The van der Waals surface area contributed by atoms with Gasteiger partial charge in [0.25, 0.3) is 5.22 Å². The molecule has 0 atom stereocenters. The summed E-state index contributed by atoms with van der Waals surface area (Å²) >= 11 is 1.34. The number of ether oxygens (including phenoxy) is 2. The molecule has 2 fully saturated rings. The van der Waals surface area contributed by atoms with Gasteiger partial charge in [-0.25, -0.2) is 0 Å². The van der Waals surface area contributed by atoms with Gasteiger partial charge in [0.15, 0.2) is 11.5 Å². The number of hydrogen-bond donors (Lipinski definition) is 0. The summed E-state index contributed by atoms with van der Waals surface area (Å²) in [5.41, 5.74) is 0.779. The average Bonchev–Trinajstić information content (AvgIpc) is 3.48. The molecule has 0 saturated heterocycles. The smallest absolute Gasteiger partial charge is 0.277 e. The highest BCUT2D eigenvalue weighted by Gasteiger charge is 2.32. The molecule has 1 amide bonds. The number of nitrogens with zero attached hydrogens (tertiary/aromatic N) is 3. The van der Waals surface area contributed by atoms with Crippen LogP contribution in [0.5, 0.6) is 11.5 Å². The summed E-state index contributed by atoms with van der Waals surface area (Å²) in [6.07, 6.45) is 12.1. The molecule has 7 nitrogen and oxygen atoms in total. The number of rotatable bonds is 6. The van der Waals surface area contributed by atoms with Gasteiger partial charge in [0.1, 0.15) is 0 Å². The molecule has 2 aliphatic carbocycles. The van der Waals surface area contributed by atoms with E-state index in [9.17, 15) is 4.79 Å². The topological polar surface area (TPSA) is 77.7 Å². The van der Waals surface area contributed by atoms with Gasteiger partial charge in [-0.15, -0.1) is 10.2 Å². The van der Waals surface area contributed by atoms with Crippen LogP contribution in [0, 0.1) is 0 Å². The Hall–Kier alpha value is -2.22. The number of carbonyl (C=O) groups excluding carboxylic acids is 1. The molecule has 2 aromatic rings. The number of thioether (sulfide) groups is 1. The van der Waals surface area contributed by atoms with Gasteiger partial charge in [-0.05, 0) is 43.9 Å². The van der Waals surface area contributed by atoms with Crippen LogP contribution in [-0.4, -0.2) is 45.6 Å². The lowest BCUT2D eigenvalue weighted by Gasteiger charge is -2.41. The van der Waals surface area contributed by atoms with Crippen molar-refractivity contribution in [1.29, 1.82) is 0 Å². The lowest BCUT2D eigenvalue weighted by molar-refractivity contribution is -0.135. The number of hydrogen-bond acceptors (Lipinski definition) is 7. The molecular weight excluding hydrogens is 414 g/mol. The van der Waals surface area contributed by atoms with Gasteiger partial charge in [0.2, 0.25) is 18.6 Å². The van der Waals surface area contributed by atoms with E-state index in [2.05, 4.69) is 15.1 Å². The van der Waals surface area contributed by atoms with Gasteiger partial charge in [0.05, 0.1) is 5.75 Å². The summed E-state index contributed by atoms with van der Waals surface area (Å²) in [5, 5.41) is 8.73. The zero-order chi connectivity index (χ0) is 21.0. The summed E-state index contributed by atoms with van der Waals surface area (Å²) in [4.78, 5) is 15.5. The Morgan fingerprint density at radius 1 is 0.935 bits per heavy atom. The van der Waals surface area contributed by atoms with E-state index >= 15 is 0 Å². The average molecular weight is 444 g/mol. The first-order valence-electron chi connectivity index (χ1n) is 11.5. The fraction of sp³-hybridized carbons (Fsp3) is 0.609. The third-order valence-electron chi connectivity index (χ3n) is 6.57. The van der Waals surface area contributed by atoms with Gasteiger partial charge >= 0.3 is 0 Å². The van der Waals surface area contributed by atoms with Crippen LogP contribution in [0.3, 0.4) is 0 Å². The molecule has 5 rings (SSSR count). The molecule has 8 heteroatoms. The van der Waals surface area contributed by atoms with Crippen LogP contribution >= 0.6 is 11.8 Å². The molecule has 1 aliphatic heterocycles.